The Morgan fingerprint density at radius 2 is 2.22 bits per heavy atom. The second-order valence-electron chi connectivity index (χ2n) is 6.15. The van der Waals surface area contributed by atoms with Gasteiger partial charge in [-0.1, -0.05) is 12.1 Å². The first-order valence-electron chi connectivity index (χ1n) is 8.82. The molecule has 1 unspecified atom stereocenters. The Balaban J connectivity index is 1.59. The molecule has 2 heterocycles. The molecule has 0 aliphatic carbocycles. The van der Waals surface area contributed by atoms with Crippen LogP contribution in [0.15, 0.2) is 41.8 Å². The van der Waals surface area contributed by atoms with Gasteiger partial charge in [-0.2, -0.15) is 0 Å². The molecule has 1 amide bonds. The summed E-state index contributed by atoms with van der Waals surface area (Å²) in [6.45, 7) is 3.62. The zero-order chi connectivity index (χ0) is 19.1. The second-order valence-corrected chi connectivity index (χ2v) is 7.13. The number of rotatable bonds is 7. The van der Waals surface area contributed by atoms with Crippen LogP contribution in [-0.4, -0.2) is 50.8 Å². The maximum atomic E-state index is 13.7. The van der Waals surface area contributed by atoms with Crippen molar-refractivity contribution in [2.75, 3.05) is 40.0 Å². The predicted molar refractivity (Wildman–Crippen MR) is 104 cm³/mol. The average Bonchev–Trinajstić information content (AvgIpc) is 3.22. The number of carbonyl (C=O) groups excluding carboxylic acids is 1. The first-order valence-corrected chi connectivity index (χ1v) is 9.70. The average molecular weight is 390 g/mol. The van der Waals surface area contributed by atoms with Crippen molar-refractivity contribution in [3.05, 3.63) is 58.0 Å². The van der Waals surface area contributed by atoms with Gasteiger partial charge in [0.1, 0.15) is 0 Å². The summed E-state index contributed by atoms with van der Waals surface area (Å²) in [4.78, 5) is 15.8. The number of thiophene rings is 1. The van der Waals surface area contributed by atoms with Crippen molar-refractivity contribution in [3.63, 3.8) is 0 Å². The van der Waals surface area contributed by atoms with Crippen molar-refractivity contribution in [2.24, 2.45) is 0 Å². The molecule has 0 radical (unpaired) electrons. The number of benzene rings is 1. The molecule has 0 spiro atoms. The van der Waals surface area contributed by atoms with E-state index in [0.29, 0.717) is 25.3 Å². The molecule has 1 atom stereocenters. The Bertz CT molecular complexity index is 774. The molecule has 1 aliphatic rings. The van der Waals surface area contributed by atoms with Crippen molar-refractivity contribution < 1.29 is 18.7 Å². The number of nitrogens with one attached hydrogen (secondary N) is 1. The summed E-state index contributed by atoms with van der Waals surface area (Å²) in [6.07, 6.45) is 3.01. The number of halogens is 1. The minimum absolute atomic E-state index is 0.129. The van der Waals surface area contributed by atoms with E-state index in [0.717, 1.165) is 13.1 Å². The Hall–Kier alpha value is -2.22. The van der Waals surface area contributed by atoms with Crippen LogP contribution in [0, 0.1) is 5.82 Å². The number of methoxy groups -OCH3 is 1. The van der Waals surface area contributed by atoms with Crippen molar-refractivity contribution >= 4 is 23.3 Å². The molecule has 1 aliphatic heterocycles. The topological polar surface area (TPSA) is 50.8 Å². The molecule has 0 saturated carbocycles. The van der Waals surface area contributed by atoms with Crippen LogP contribution in [0.25, 0.3) is 6.08 Å². The van der Waals surface area contributed by atoms with Crippen LogP contribution >= 0.6 is 11.3 Å². The van der Waals surface area contributed by atoms with Gasteiger partial charge in [-0.3, -0.25) is 9.69 Å². The van der Waals surface area contributed by atoms with Gasteiger partial charge in [-0.15, -0.1) is 11.3 Å². The number of hydrogen-bond donors (Lipinski definition) is 1. The smallest absolute Gasteiger partial charge is 0.244 e. The van der Waals surface area contributed by atoms with E-state index in [-0.39, 0.29) is 17.7 Å². The Morgan fingerprint density at radius 3 is 2.89 bits per heavy atom. The molecule has 1 aromatic carbocycles. The van der Waals surface area contributed by atoms with E-state index in [1.807, 2.05) is 11.4 Å². The molecule has 5 nitrogen and oxygen atoms in total. The molecule has 144 valence electrons. The number of carbonyl (C=O) groups is 1. The van der Waals surface area contributed by atoms with Gasteiger partial charge in [0.05, 0.1) is 26.4 Å². The molecular weight excluding hydrogens is 367 g/mol. The van der Waals surface area contributed by atoms with Gasteiger partial charge < -0.3 is 14.8 Å². The summed E-state index contributed by atoms with van der Waals surface area (Å²) in [5.41, 5.74) is 0.603. The number of amides is 1. The molecule has 3 rings (SSSR count). The van der Waals surface area contributed by atoms with E-state index in [4.69, 9.17) is 9.47 Å². The molecular formula is C20H23FN2O3S. The van der Waals surface area contributed by atoms with Crippen LogP contribution < -0.4 is 10.1 Å². The van der Waals surface area contributed by atoms with E-state index in [2.05, 4.69) is 16.3 Å². The minimum atomic E-state index is -0.454. The lowest BCUT2D eigenvalue weighted by Crippen LogP contribution is -2.43. The first-order chi connectivity index (χ1) is 13.2. The van der Waals surface area contributed by atoms with Crippen molar-refractivity contribution in [3.8, 4) is 5.75 Å². The third kappa shape index (κ3) is 5.38. The van der Waals surface area contributed by atoms with Crippen molar-refractivity contribution in [2.45, 2.75) is 6.04 Å². The maximum Gasteiger partial charge on any atom is 0.244 e. The van der Waals surface area contributed by atoms with Gasteiger partial charge >= 0.3 is 0 Å². The normalized spacial score (nSPS) is 16.4. The van der Waals surface area contributed by atoms with Crippen molar-refractivity contribution in [1.29, 1.82) is 0 Å². The number of ether oxygens (including phenoxy) is 2. The fourth-order valence-corrected chi connectivity index (χ4v) is 3.85. The van der Waals surface area contributed by atoms with Gasteiger partial charge in [-0.25, -0.2) is 4.39 Å². The van der Waals surface area contributed by atoms with Gasteiger partial charge in [0.2, 0.25) is 5.91 Å². The zero-order valence-electron chi connectivity index (χ0n) is 15.2. The van der Waals surface area contributed by atoms with E-state index in [9.17, 15) is 9.18 Å². The van der Waals surface area contributed by atoms with Crippen LogP contribution in [0.3, 0.4) is 0 Å². The fourth-order valence-electron chi connectivity index (χ4n) is 2.99. The summed E-state index contributed by atoms with van der Waals surface area (Å²) in [7, 11) is 1.42. The Morgan fingerprint density at radius 1 is 1.41 bits per heavy atom. The van der Waals surface area contributed by atoms with Crippen LogP contribution in [0.5, 0.6) is 5.75 Å². The molecule has 1 N–H and O–H groups in total. The summed E-state index contributed by atoms with van der Waals surface area (Å²) in [6, 6.07) is 8.82. The monoisotopic (exact) mass is 390 g/mol. The van der Waals surface area contributed by atoms with Crippen LogP contribution in [0.1, 0.15) is 16.5 Å². The second kappa shape index (κ2) is 9.64. The molecule has 1 saturated heterocycles. The summed E-state index contributed by atoms with van der Waals surface area (Å²) in [5.74, 6) is -0.480. The molecule has 27 heavy (non-hydrogen) atoms. The third-order valence-electron chi connectivity index (χ3n) is 4.43. The molecule has 2 aromatic rings. The van der Waals surface area contributed by atoms with E-state index in [1.165, 1.54) is 30.2 Å². The van der Waals surface area contributed by atoms with E-state index < -0.39 is 5.82 Å². The van der Waals surface area contributed by atoms with Crippen molar-refractivity contribution in [1.82, 2.24) is 10.2 Å². The lowest BCUT2D eigenvalue weighted by Gasteiger charge is -2.34. The third-order valence-corrected chi connectivity index (χ3v) is 5.40. The summed E-state index contributed by atoms with van der Waals surface area (Å²) >= 11 is 1.69. The summed E-state index contributed by atoms with van der Waals surface area (Å²) in [5, 5.41) is 5.00. The summed E-state index contributed by atoms with van der Waals surface area (Å²) < 4.78 is 24.0. The highest BCUT2D eigenvalue weighted by Crippen LogP contribution is 2.25. The number of morpholine rings is 1. The number of nitrogens with zero attached hydrogens (tertiary/aromatic N) is 1. The molecule has 1 aromatic heterocycles. The standard InChI is InChI=1S/C20H23FN2O3S/c1-25-18-6-4-15(13-16(18)21)5-7-20(24)22-14-17(19-3-2-12-27-19)23-8-10-26-11-9-23/h2-7,12-13,17H,8-11,14H2,1H3,(H,22,24)/b7-5+. The Kier molecular flexibility index (Phi) is 6.98. The van der Waals surface area contributed by atoms with Gasteiger partial charge in [0.15, 0.2) is 11.6 Å². The van der Waals surface area contributed by atoms with Gasteiger partial charge in [-0.05, 0) is 35.2 Å². The molecule has 7 heteroatoms. The van der Waals surface area contributed by atoms with Gasteiger partial charge in [0, 0.05) is 30.6 Å². The lowest BCUT2D eigenvalue weighted by molar-refractivity contribution is -0.116. The fraction of sp³-hybridized carbons (Fsp3) is 0.350. The first kappa shape index (κ1) is 19.5. The zero-order valence-corrected chi connectivity index (χ0v) is 16.0. The minimum Gasteiger partial charge on any atom is -0.494 e. The van der Waals surface area contributed by atoms with Gasteiger partial charge in [0.25, 0.3) is 0 Å². The van der Waals surface area contributed by atoms with E-state index in [1.54, 1.807) is 23.5 Å². The van der Waals surface area contributed by atoms with Crippen LogP contribution in [0.4, 0.5) is 4.39 Å². The molecule has 0 bridgehead atoms. The lowest BCUT2D eigenvalue weighted by atomic mass is 10.1. The highest BCUT2D eigenvalue weighted by Gasteiger charge is 2.23. The quantitative estimate of drug-likeness (QED) is 0.738. The SMILES string of the molecule is COc1ccc(/C=C/C(=O)NCC(c2cccs2)N2CCOCC2)cc1F. The molecule has 1 fully saturated rings. The highest BCUT2D eigenvalue weighted by atomic mass is 32.1. The largest absolute Gasteiger partial charge is 0.494 e. The highest BCUT2D eigenvalue weighted by molar-refractivity contribution is 7.10. The maximum absolute atomic E-state index is 13.7. The number of hydrogen-bond acceptors (Lipinski definition) is 5. The Labute approximate surface area is 162 Å². The predicted octanol–water partition coefficient (Wildman–Crippen LogP) is 3.10. The van der Waals surface area contributed by atoms with Crippen LogP contribution in [-0.2, 0) is 9.53 Å². The van der Waals surface area contributed by atoms with Crippen LogP contribution in [0.2, 0.25) is 0 Å². The van der Waals surface area contributed by atoms with E-state index >= 15 is 0 Å².